The predicted molar refractivity (Wildman–Crippen MR) is 77.7 cm³/mol. The summed E-state index contributed by atoms with van der Waals surface area (Å²) in [4.78, 5) is 16.0. The Morgan fingerprint density at radius 2 is 2.25 bits per heavy atom. The molecule has 0 radical (unpaired) electrons. The fourth-order valence-electron chi connectivity index (χ4n) is 2.90. The summed E-state index contributed by atoms with van der Waals surface area (Å²) in [5.41, 5.74) is 1.23. The molecule has 0 saturated heterocycles. The number of amides is 1. The Labute approximate surface area is 120 Å². The van der Waals surface area contributed by atoms with E-state index in [0.717, 1.165) is 12.2 Å². The molecule has 0 spiro atoms. The second-order valence-electron chi connectivity index (χ2n) is 5.36. The van der Waals surface area contributed by atoms with Crippen molar-refractivity contribution >= 4 is 5.91 Å². The third kappa shape index (κ3) is 3.82. The Kier molecular flexibility index (Phi) is 5.59. The number of hydrogen-bond donors (Lipinski definition) is 1. The smallest absolute Gasteiger partial charge is 0.246 e. The number of hydrogen-bond acceptors (Lipinski definition) is 3. The fourth-order valence-corrected chi connectivity index (χ4v) is 2.90. The van der Waals surface area contributed by atoms with Gasteiger partial charge in [0.2, 0.25) is 5.91 Å². The molecule has 1 aromatic heterocycles. The van der Waals surface area contributed by atoms with Gasteiger partial charge in [-0.1, -0.05) is 12.8 Å². The summed E-state index contributed by atoms with van der Waals surface area (Å²) in [7, 11) is 0. The lowest BCUT2D eigenvalue weighted by atomic mass is 10.2. The summed E-state index contributed by atoms with van der Waals surface area (Å²) in [5, 5.41) is 2.88. The fraction of sp³-hybridized carbons (Fsp3) is 0.733. The molecular formula is C15H25N3O2. The molecule has 20 heavy (non-hydrogen) atoms. The van der Waals surface area contributed by atoms with Gasteiger partial charge in [-0.15, -0.1) is 0 Å². The van der Waals surface area contributed by atoms with Crippen LogP contribution in [-0.4, -0.2) is 35.2 Å². The van der Waals surface area contributed by atoms with Crippen LogP contribution in [0.5, 0.6) is 0 Å². The van der Waals surface area contributed by atoms with Crippen molar-refractivity contribution in [2.24, 2.45) is 0 Å². The first-order chi connectivity index (χ1) is 9.72. The van der Waals surface area contributed by atoms with Crippen LogP contribution in [0.1, 0.15) is 50.2 Å². The van der Waals surface area contributed by atoms with Gasteiger partial charge in [0.05, 0.1) is 0 Å². The molecular weight excluding hydrogens is 254 g/mol. The van der Waals surface area contributed by atoms with Crippen molar-refractivity contribution in [1.29, 1.82) is 0 Å². The van der Waals surface area contributed by atoms with Crippen molar-refractivity contribution in [3.8, 4) is 0 Å². The van der Waals surface area contributed by atoms with Gasteiger partial charge in [0.15, 0.2) is 0 Å². The second-order valence-corrected chi connectivity index (χ2v) is 5.36. The highest BCUT2D eigenvalue weighted by Crippen LogP contribution is 2.31. The summed E-state index contributed by atoms with van der Waals surface area (Å²) in [6, 6.07) is 0.603. The minimum absolute atomic E-state index is 0.0532. The number of carbonyl (C=O) groups excluding carboxylic acids is 1. The van der Waals surface area contributed by atoms with Gasteiger partial charge in [-0.25, -0.2) is 4.98 Å². The van der Waals surface area contributed by atoms with Gasteiger partial charge in [-0.2, -0.15) is 0 Å². The van der Waals surface area contributed by atoms with Gasteiger partial charge in [0.1, 0.15) is 12.4 Å². The predicted octanol–water partition coefficient (Wildman–Crippen LogP) is 2.00. The van der Waals surface area contributed by atoms with E-state index in [4.69, 9.17) is 4.74 Å². The van der Waals surface area contributed by atoms with Crippen LogP contribution in [0.25, 0.3) is 0 Å². The highest BCUT2D eigenvalue weighted by Gasteiger charge is 2.20. The standard InChI is InChI=1S/C15H25N3O2/c1-3-20-11-15(19)16-9-8-14-17-10-12(2)18(14)13-6-4-5-7-13/h10,13H,3-9,11H2,1-2H3,(H,16,19). The molecule has 1 heterocycles. The third-order valence-electron chi connectivity index (χ3n) is 3.86. The van der Waals surface area contributed by atoms with Crippen molar-refractivity contribution in [3.05, 3.63) is 17.7 Å². The van der Waals surface area contributed by atoms with E-state index < -0.39 is 0 Å². The minimum atomic E-state index is -0.0532. The molecule has 1 N–H and O–H groups in total. The molecule has 1 fully saturated rings. The lowest BCUT2D eigenvalue weighted by Gasteiger charge is -2.17. The summed E-state index contributed by atoms with van der Waals surface area (Å²) >= 11 is 0. The van der Waals surface area contributed by atoms with Crippen LogP contribution in [0.2, 0.25) is 0 Å². The molecule has 5 nitrogen and oxygen atoms in total. The summed E-state index contributed by atoms with van der Waals surface area (Å²) in [6.07, 6.45) is 7.85. The van der Waals surface area contributed by atoms with E-state index in [1.807, 2.05) is 13.1 Å². The topological polar surface area (TPSA) is 56.1 Å². The average Bonchev–Trinajstić information content (AvgIpc) is 3.06. The summed E-state index contributed by atoms with van der Waals surface area (Å²) in [6.45, 7) is 5.33. The summed E-state index contributed by atoms with van der Waals surface area (Å²) < 4.78 is 7.44. The van der Waals surface area contributed by atoms with E-state index in [0.29, 0.717) is 19.2 Å². The third-order valence-corrected chi connectivity index (χ3v) is 3.86. The molecule has 1 aromatic rings. The Balaban J connectivity index is 1.85. The first-order valence-electron chi connectivity index (χ1n) is 7.59. The number of aromatic nitrogens is 2. The first kappa shape index (κ1) is 15.0. The van der Waals surface area contributed by atoms with Gasteiger partial charge in [0.25, 0.3) is 0 Å². The number of aryl methyl sites for hydroxylation is 1. The molecule has 1 saturated carbocycles. The highest BCUT2D eigenvalue weighted by atomic mass is 16.5. The van der Waals surface area contributed by atoms with Crippen LogP contribution < -0.4 is 5.32 Å². The maximum Gasteiger partial charge on any atom is 0.246 e. The molecule has 1 amide bonds. The molecule has 0 aromatic carbocycles. The number of nitrogens with one attached hydrogen (secondary N) is 1. The van der Waals surface area contributed by atoms with Crippen LogP contribution in [0, 0.1) is 6.92 Å². The average molecular weight is 279 g/mol. The van der Waals surface area contributed by atoms with Crippen molar-refractivity contribution < 1.29 is 9.53 Å². The number of imidazole rings is 1. The number of rotatable bonds is 7. The number of ether oxygens (including phenoxy) is 1. The Bertz CT molecular complexity index is 436. The first-order valence-corrected chi connectivity index (χ1v) is 7.59. The highest BCUT2D eigenvalue weighted by molar-refractivity contribution is 5.77. The van der Waals surface area contributed by atoms with Crippen molar-refractivity contribution in [2.45, 2.75) is 52.0 Å². The molecule has 1 aliphatic carbocycles. The maximum atomic E-state index is 11.5. The molecule has 0 unspecified atom stereocenters. The molecule has 5 heteroatoms. The number of carbonyl (C=O) groups is 1. The van der Waals surface area contributed by atoms with Gasteiger partial charge >= 0.3 is 0 Å². The van der Waals surface area contributed by atoms with Crippen molar-refractivity contribution in [3.63, 3.8) is 0 Å². The molecule has 112 valence electrons. The number of nitrogens with zero attached hydrogens (tertiary/aromatic N) is 2. The van der Waals surface area contributed by atoms with E-state index in [1.165, 1.54) is 31.4 Å². The Morgan fingerprint density at radius 3 is 2.95 bits per heavy atom. The zero-order valence-electron chi connectivity index (χ0n) is 12.5. The van der Waals surface area contributed by atoms with E-state index in [9.17, 15) is 4.79 Å². The monoisotopic (exact) mass is 279 g/mol. The zero-order chi connectivity index (χ0) is 14.4. The van der Waals surface area contributed by atoms with Crippen LogP contribution >= 0.6 is 0 Å². The van der Waals surface area contributed by atoms with Crippen LogP contribution in [0.15, 0.2) is 6.20 Å². The van der Waals surface area contributed by atoms with E-state index in [-0.39, 0.29) is 12.5 Å². The Hall–Kier alpha value is -1.36. The quantitative estimate of drug-likeness (QED) is 0.830. The van der Waals surface area contributed by atoms with Crippen molar-refractivity contribution in [2.75, 3.05) is 19.8 Å². The van der Waals surface area contributed by atoms with Crippen LogP contribution in [0.4, 0.5) is 0 Å². The normalized spacial score (nSPS) is 15.7. The molecule has 0 bridgehead atoms. The van der Waals surface area contributed by atoms with Crippen molar-refractivity contribution in [1.82, 2.24) is 14.9 Å². The van der Waals surface area contributed by atoms with Crippen LogP contribution in [-0.2, 0) is 16.0 Å². The minimum Gasteiger partial charge on any atom is -0.372 e. The van der Waals surface area contributed by atoms with Gasteiger partial charge < -0.3 is 14.6 Å². The summed E-state index contributed by atoms with van der Waals surface area (Å²) in [5.74, 6) is 1.04. The van der Waals surface area contributed by atoms with Gasteiger partial charge in [-0.05, 0) is 26.7 Å². The SMILES string of the molecule is CCOCC(=O)NCCc1ncc(C)n1C1CCCC1. The lowest BCUT2D eigenvalue weighted by molar-refractivity contribution is -0.125. The second kappa shape index (κ2) is 7.43. The van der Waals surface area contributed by atoms with Gasteiger partial charge in [-0.3, -0.25) is 4.79 Å². The van der Waals surface area contributed by atoms with Gasteiger partial charge in [0, 0.05) is 37.5 Å². The van der Waals surface area contributed by atoms with E-state index in [1.54, 1.807) is 0 Å². The molecule has 0 aliphatic heterocycles. The molecule has 1 aliphatic rings. The van der Waals surface area contributed by atoms with Crippen LogP contribution in [0.3, 0.4) is 0 Å². The lowest BCUT2D eigenvalue weighted by Crippen LogP contribution is -2.30. The largest absolute Gasteiger partial charge is 0.372 e. The van der Waals surface area contributed by atoms with E-state index >= 15 is 0 Å². The molecule has 0 atom stereocenters. The maximum absolute atomic E-state index is 11.5. The molecule has 2 rings (SSSR count). The zero-order valence-corrected chi connectivity index (χ0v) is 12.5. The van der Waals surface area contributed by atoms with E-state index in [2.05, 4.69) is 21.8 Å². The Morgan fingerprint density at radius 1 is 1.50 bits per heavy atom.